The van der Waals surface area contributed by atoms with Crippen LogP contribution in [-0.2, 0) is 0 Å². The van der Waals surface area contributed by atoms with Crippen LogP contribution in [0, 0.1) is 0 Å². The van der Waals surface area contributed by atoms with E-state index in [0.29, 0.717) is 0 Å². The number of unbranched alkanes of at least 4 members (excludes halogenated alkanes) is 8. The second kappa shape index (κ2) is 11.0. The van der Waals surface area contributed by atoms with Crippen LogP contribution in [0.5, 0.6) is 0 Å². The molecule has 0 bridgehead atoms. The first-order valence-electron chi connectivity index (χ1n) is 6.56. The summed E-state index contributed by atoms with van der Waals surface area (Å²) in [5, 5.41) is 0. The summed E-state index contributed by atoms with van der Waals surface area (Å²) in [6, 6.07) is 0. The summed E-state index contributed by atoms with van der Waals surface area (Å²) in [6.07, 6.45) is 13.0. The first kappa shape index (κ1) is 14.0. The van der Waals surface area contributed by atoms with Gasteiger partial charge in [0.2, 0.25) is 0 Å². The number of quaternary nitrogens is 1. The van der Waals surface area contributed by atoms with Crippen LogP contribution in [0.2, 0.25) is 0 Å². The fourth-order valence-corrected chi connectivity index (χ4v) is 1.79. The third-order valence-electron chi connectivity index (χ3n) is 2.78. The summed E-state index contributed by atoms with van der Waals surface area (Å²) in [5.74, 6) is 0. The van der Waals surface area contributed by atoms with Crippen LogP contribution in [0.4, 0.5) is 0 Å². The normalized spacial score (nSPS) is 11.1. The largest absolute Gasteiger partial charge is 0.340 e. The summed E-state index contributed by atoms with van der Waals surface area (Å²) in [7, 11) is 4.48. The van der Waals surface area contributed by atoms with E-state index in [9.17, 15) is 0 Å². The molecule has 0 radical (unpaired) electrons. The molecule has 14 heavy (non-hydrogen) atoms. The maximum absolute atomic E-state index is 2.28. The van der Waals surface area contributed by atoms with Crippen LogP contribution < -0.4 is 4.90 Å². The van der Waals surface area contributed by atoms with Crippen molar-refractivity contribution in [2.45, 2.75) is 64.7 Å². The van der Waals surface area contributed by atoms with Gasteiger partial charge in [-0.1, -0.05) is 51.9 Å². The minimum Gasteiger partial charge on any atom is -0.340 e. The Morgan fingerprint density at radius 3 is 1.50 bits per heavy atom. The van der Waals surface area contributed by atoms with Crippen LogP contribution in [0.3, 0.4) is 0 Å². The summed E-state index contributed by atoms with van der Waals surface area (Å²) in [6.45, 7) is 3.62. The van der Waals surface area contributed by atoms with E-state index in [1.807, 2.05) is 0 Å². The van der Waals surface area contributed by atoms with Gasteiger partial charge in [-0.05, 0) is 12.8 Å². The molecule has 0 aliphatic heterocycles. The smallest absolute Gasteiger partial charge is 0.0766 e. The zero-order valence-corrected chi connectivity index (χ0v) is 10.6. The second-order valence-electron chi connectivity index (χ2n) is 4.79. The Morgan fingerprint density at radius 2 is 1.07 bits per heavy atom. The molecular weight excluding hydrogens is 170 g/mol. The van der Waals surface area contributed by atoms with E-state index in [1.165, 1.54) is 64.3 Å². The molecule has 0 aliphatic rings. The van der Waals surface area contributed by atoms with Crippen LogP contribution in [0.25, 0.3) is 0 Å². The fourth-order valence-electron chi connectivity index (χ4n) is 1.79. The molecule has 0 rings (SSSR count). The van der Waals surface area contributed by atoms with E-state index in [0.717, 1.165) is 0 Å². The predicted octanol–water partition coefficient (Wildman–Crippen LogP) is 2.66. The van der Waals surface area contributed by atoms with E-state index in [2.05, 4.69) is 21.0 Å². The highest BCUT2D eigenvalue weighted by Gasteiger charge is 1.94. The van der Waals surface area contributed by atoms with Gasteiger partial charge in [-0.2, -0.15) is 0 Å². The standard InChI is InChI=1S/C13H29N/c1-4-5-6-7-8-9-10-11-12-13-14(2)3/h4-13H2,1-3H3/p+1. The summed E-state index contributed by atoms with van der Waals surface area (Å²) in [4.78, 5) is 1.59. The van der Waals surface area contributed by atoms with E-state index < -0.39 is 0 Å². The van der Waals surface area contributed by atoms with Gasteiger partial charge >= 0.3 is 0 Å². The van der Waals surface area contributed by atoms with Gasteiger partial charge in [0.25, 0.3) is 0 Å². The van der Waals surface area contributed by atoms with Gasteiger partial charge in [0.1, 0.15) is 0 Å². The lowest BCUT2D eigenvalue weighted by atomic mass is 10.1. The Hall–Kier alpha value is -0.0400. The quantitative estimate of drug-likeness (QED) is 0.517. The molecule has 0 spiro atoms. The van der Waals surface area contributed by atoms with Crippen molar-refractivity contribution in [2.24, 2.45) is 0 Å². The highest BCUT2D eigenvalue weighted by molar-refractivity contribution is 4.45. The average molecular weight is 200 g/mol. The monoisotopic (exact) mass is 200 g/mol. The SMILES string of the molecule is CCCCCCCCCCC[NH+](C)C. The molecule has 0 atom stereocenters. The van der Waals surface area contributed by atoms with Crippen LogP contribution in [0.15, 0.2) is 0 Å². The molecule has 86 valence electrons. The zero-order valence-electron chi connectivity index (χ0n) is 10.6. The molecule has 1 N–H and O–H groups in total. The summed E-state index contributed by atoms with van der Waals surface area (Å²) < 4.78 is 0. The molecule has 0 amide bonds. The average Bonchev–Trinajstić information content (AvgIpc) is 2.15. The first-order chi connectivity index (χ1) is 6.77. The topological polar surface area (TPSA) is 4.44 Å². The summed E-state index contributed by atoms with van der Waals surface area (Å²) in [5.41, 5.74) is 0. The molecule has 0 fully saturated rings. The van der Waals surface area contributed by atoms with Crippen molar-refractivity contribution in [3.63, 3.8) is 0 Å². The highest BCUT2D eigenvalue weighted by atomic mass is 15.0. The molecule has 0 saturated heterocycles. The molecule has 1 heteroatoms. The van der Waals surface area contributed by atoms with Crippen molar-refractivity contribution in [3.8, 4) is 0 Å². The van der Waals surface area contributed by atoms with Gasteiger partial charge in [-0.15, -0.1) is 0 Å². The fraction of sp³-hybridized carbons (Fsp3) is 1.00. The Bertz CT molecular complexity index is 99.4. The maximum Gasteiger partial charge on any atom is 0.0766 e. The number of hydrogen-bond donors (Lipinski definition) is 1. The number of hydrogen-bond acceptors (Lipinski definition) is 0. The second-order valence-corrected chi connectivity index (χ2v) is 4.79. The van der Waals surface area contributed by atoms with Gasteiger partial charge in [0.05, 0.1) is 20.6 Å². The molecule has 0 aromatic heterocycles. The van der Waals surface area contributed by atoms with Crippen LogP contribution in [0.1, 0.15) is 64.7 Å². The van der Waals surface area contributed by atoms with E-state index in [1.54, 1.807) is 4.90 Å². The first-order valence-corrected chi connectivity index (χ1v) is 6.56. The Balaban J connectivity index is 2.85. The van der Waals surface area contributed by atoms with Crippen LogP contribution >= 0.6 is 0 Å². The van der Waals surface area contributed by atoms with Crippen LogP contribution in [-0.4, -0.2) is 20.6 Å². The minimum atomic E-state index is 1.34. The Kier molecular flexibility index (Phi) is 11.0. The van der Waals surface area contributed by atoms with Gasteiger partial charge in [-0.3, -0.25) is 0 Å². The lowest BCUT2D eigenvalue weighted by Crippen LogP contribution is -3.05. The lowest BCUT2D eigenvalue weighted by molar-refractivity contribution is -0.858. The van der Waals surface area contributed by atoms with Crippen molar-refractivity contribution >= 4 is 0 Å². The molecule has 0 saturated carbocycles. The van der Waals surface area contributed by atoms with Gasteiger partial charge in [0, 0.05) is 0 Å². The highest BCUT2D eigenvalue weighted by Crippen LogP contribution is 2.08. The molecule has 1 nitrogen and oxygen atoms in total. The molecule has 0 aliphatic carbocycles. The summed E-state index contributed by atoms with van der Waals surface area (Å²) >= 11 is 0. The number of nitrogens with one attached hydrogen (secondary N) is 1. The predicted molar refractivity (Wildman–Crippen MR) is 64.9 cm³/mol. The maximum atomic E-state index is 2.28. The van der Waals surface area contributed by atoms with Crippen molar-refractivity contribution in [2.75, 3.05) is 20.6 Å². The van der Waals surface area contributed by atoms with E-state index in [-0.39, 0.29) is 0 Å². The van der Waals surface area contributed by atoms with Gasteiger partial charge in [0.15, 0.2) is 0 Å². The Morgan fingerprint density at radius 1 is 0.643 bits per heavy atom. The molecule has 0 aromatic carbocycles. The molecule has 0 heterocycles. The third kappa shape index (κ3) is 12.0. The molecular formula is C13H30N+. The van der Waals surface area contributed by atoms with E-state index >= 15 is 0 Å². The van der Waals surface area contributed by atoms with Crippen molar-refractivity contribution in [3.05, 3.63) is 0 Å². The zero-order chi connectivity index (χ0) is 10.6. The van der Waals surface area contributed by atoms with Crippen molar-refractivity contribution in [1.82, 2.24) is 0 Å². The Labute approximate surface area is 90.9 Å². The molecule has 0 unspecified atom stereocenters. The minimum absolute atomic E-state index is 1.34. The van der Waals surface area contributed by atoms with Crippen molar-refractivity contribution < 1.29 is 4.90 Å². The number of rotatable bonds is 10. The molecule has 0 aromatic rings. The van der Waals surface area contributed by atoms with E-state index in [4.69, 9.17) is 0 Å². The lowest BCUT2D eigenvalue weighted by Gasteiger charge is -2.06. The third-order valence-corrected chi connectivity index (χ3v) is 2.78. The van der Waals surface area contributed by atoms with Gasteiger partial charge in [-0.25, -0.2) is 0 Å². The van der Waals surface area contributed by atoms with Gasteiger partial charge < -0.3 is 4.90 Å². The van der Waals surface area contributed by atoms with Crippen molar-refractivity contribution in [1.29, 1.82) is 0 Å².